The number of hydrogen-bond acceptors (Lipinski definition) is 5. The van der Waals surface area contributed by atoms with Crippen LogP contribution >= 0.6 is 0 Å². The first kappa shape index (κ1) is 12.9. The predicted octanol–water partition coefficient (Wildman–Crippen LogP) is 0.470. The summed E-state index contributed by atoms with van der Waals surface area (Å²) in [5, 5.41) is 0. The van der Waals surface area contributed by atoms with E-state index < -0.39 is 11.6 Å². The van der Waals surface area contributed by atoms with E-state index in [4.69, 9.17) is 8.42 Å². The predicted molar refractivity (Wildman–Crippen MR) is 61.7 cm³/mol. The first-order chi connectivity index (χ1) is 8.17. The van der Waals surface area contributed by atoms with Crippen LogP contribution in [-0.2, 0) is 11.6 Å². The molecule has 2 heterocycles. The van der Waals surface area contributed by atoms with Gasteiger partial charge in [-0.15, -0.1) is 0 Å². The van der Waals surface area contributed by atoms with Gasteiger partial charge in [-0.05, 0) is 19.1 Å². The van der Waals surface area contributed by atoms with Gasteiger partial charge in [-0.2, -0.15) is 8.42 Å². The topological polar surface area (TPSA) is 92.8 Å². The Morgan fingerprint density at radius 3 is 2.59 bits per heavy atom. The minimum atomic E-state index is -0.750. The summed E-state index contributed by atoms with van der Waals surface area (Å²) in [5.41, 5.74) is 1.45. The molecule has 0 aliphatic heterocycles. The molecule has 2 rings (SSSR count). The van der Waals surface area contributed by atoms with Crippen molar-refractivity contribution in [3.05, 3.63) is 46.8 Å². The summed E-state index contributed by atoms with van der Waals surface area (Å²) >= 11 is -0.750. The number of rotatable bonds is 1. The smallest absolute Gasteiger partial charge is 0.329 e. The lowest BCUT2D eigenvalue weighted by Crippen LogP contribution is -2.02. The van der Waals surface area contributed by atoms with Gasteiger partial charge < -0.3 is 4.98 Å². The minimum Gasteiger partial charge on any atom is -0.329 e. The van der Waals surface area contributed by atoms with Gasteiger partial charge in [0.1, 0.15) is 5.82 Å². The minimum absolute atomic E-state index is 0.126. The molecule has 1 N–H and O–H groups in total. The molecule has 0 atom stereocenters. The van der Waals surface area contributed by atoms with Crippen molar-refractivity contribution in [1.29, 1.82) is 0 Å². The van der Waals surface area contributed by atoms with Gasteiger partial charge in [0.15, 0.2) is 0 Å². The summed E-state index contributed by atoms with van der Waals surface area (Å²) in [6, 6.07) is 5.10. The average molecular weight is 251 g/mol. The zero-order valence-electron chi connectivity index (χ0n) is 8.91. The van der Waals surface area contributed by atoms with Gasteiger partial charge in [-0.3, -0.25) is 4.79 Å². The van der Waals surface area contributed by atoms with Crippen molar-refractivity contribution in [2.75, 3.05) is 0 Å². The van der Waals surface area contributed by atoms with Crippen LogP contribution < -0.4 is 5.56 Å². The molecule has 0 fully saturated rings. The zero-order valence-corrected chi connectivity index (χ0v) is 9.73. The number of nitrogens with zero attached hydrogens (tertiary/aromatic N) is 2. The molecule has 0 aliphatic rings. The van der Waals surface area contributed by atoms with E-state index in [-0.39, 0.29) is 5.56 Å². The summed E-state index contributed by atoms with van der Waals surface area (Å²) in [5.74, 6) is 0.697. The van der Waals surface area contributed by atoms with Crippen molar-refractivity contribution < 1.29 is 8.42 Å². The highest BCUT2D eigenvalue weighted by molar-refractivity contribution is 7.51. The Bertz CT molecular complexity index is 591. The van der Waals surface area contributed by atoms with E-state index in [1.807, 2.05) is 13.0 Å². The molecule has 6 nitrogen and oxygen atoms in total. The Balaban J connectivity index is 0.000000437. The van der Waals surface area contributed by atoms with Crippen molar-refractivity contribution >= 4 is 11.6 Å². The van der Waals surface area contributed by atoms with Gasteiger partial charge >= 0.3 is 11.6 Å². The summed E-state index contributed by atoms with van der Waals surface area (Å²) in [4.78, 5) is 21.8. The van der Waals surface area contributed by atoms with E-state index in [1.165, 1.54) is 6.07 Å². The van der Waals surface area contributed by atoms with Crippen molar-refractivity contribution in [2.24, 2.45) is 0 Å². The van der Waals surface area contributed by atoms with Crippen LogP contribution in [0.4, 0.5) is 0 Å². The fourth-order valence-corrected chi connectivity index (χ4v) is 1.22. The Morgan fingerprint density at radius 2 is 2.00 bits per heavy atom. The third-order valence-corrected chi connectivity index (χ3v) is 1.85. The standard InChI is InChI=1S/C10H9N3O.O2S/c1-7-11-5-3-9(13-7)8-2-4-12-10(14)6-8;1-3-2/h2-6H,1H3,(H,12,14);. The number of aromatic nitrogens is 3. The molecule has 0 saturated heterocycles. The largest absolute Gasteiger partial charge is 0.335 e. The highest BCUT2D eigenvalue weighted by Gasteiger charge is 1.99. The van der Waals surface area contributed by atoms with Crippen molar-refractivity contribution in [1.82, 2.24) is 15.0 Å². The van der Waals surface area contributed by atoms with Crippen LogP contribution in [0.3, 0.4) is 0 Å². The molecule has 2 aromatic heterocycles. The van der Waals surface area contributed by atoms with Crippen LogP contribution in [0.2, 0.25) is 0 Å². The molecule has 7 heteroatoms. The molecule has 0 saturated carbocycles. The molecule has 88 valence electrons. The van der Waals surface area contributed by atoms with Crippen LogP contribution in [0, 0.1) is 6.92 Å². The molecule has 2 aromatic rings. The Labute approximate surface area is 100 Å². The van der Waals surface area contributed by atoms with Crippen molar-refractivity contribution in [2.45, 2.75) is 6.92 Å². The van der Waals surface area contributed by atoms with Crippen LogP contribution in [0.25, 0.3) is 11.3 Å². The van der Waals surface area contributed by atoms with Crippen molar-refractivity contribution in [3.8, 4) is 11.3 Å². The van der Waals surface area contributed by atoms with E-state index in [9.17, 15) is 4.79 Å². The highest BCUT2D eigenvalue weighted by atomic mass is 32.1. The van der Waals surface area contributed by atoms with Crippen LogP contribution in [0.15, 0.2) is 35.4 Å². The van der Waals surface area contributed by atoms with E-state index in [0.717, 1.165) is 11.3 Å². The van der Waals surface area contributed by atoms with Gasteiger partial charge in [-0.1, -0.05) is 0 Å². The fourth-order valence-electron chi connectivity index (χ4n) is 1.22. The van der Waals surface area contributed by atoms with Crippen LogP contribution in [0.5, 0.6) is 0 Å². The summed E-state index contributed by atoms with van der Waals surface area (Å²) in [7, 11) is 0. The van der Waals surface area contributed by atoms with E-state index in [0.29, 0.717) is 5.82 Å². The normalized spacial score (nSPS) is 9.00. The quantitative estimate of drug-likeness (QED) is 0.795. The third-order valence-electron chi connectivity index (χ3n) is 1.85. The zero-order chi connectivity index (χ0) is 12.7. The number of H-pyrrole nitrogens is 1. The molecule has 0 unspecified atom stereocenters. The second-order valence-corrected chi connectivity index (χ2v) is 3.13. The first-order valence-electron chi connectivity index (χ1n) is 4.58. The number of aryl methyl sites for hydroxylation is 1. The summed E-state index contributed by atoms with van der Waals surface area (Å²) in [6.45, 7) is 1.82. The second kappa shape index (κ2) is 6.44. The van der Waals surface area contributed by atoms with E-state index >= 15 is 0 Å². The lowest BCUT2D eigenvalue weighted by atomic mass is 10.2. The third kappa shape index (κ3) is 4.07. The maximum absolute atomic E-state index is 11.0. The molecule has 0 radical (unpaired) electrons. The summed E-state index contributed by atoms with van der Waals surface area (Å²) in [6.07, 6.45) is 3.29. The molecular formula is C10H9N3O3S. The van der Waals surface area contributed by atoms with Gasteiger partial charge in [0.25, 0.3) is 0 Å². The number of pyridine rings is 1. The monoisotopic (exact) mass is 251 g/mol. The molecule has 0 amide bonds. The molecule has 0 aromatic carbocycles. The van der Waals surface area contributed by atoms with E-state index in [1.54, 1.807) is 18.5 Å². The Hall–Kier alpha value is -2.15. The SMILES string of the molecule is Cc1nccc(-c2cc[nH]c(=O)c2)n1.O=S=O. The second-order valence-electron chi connectivity index (χ2n) is 3.00. The van der Waals surface area contributed by atoms with Gasteiger partial charge in [0, 0.05) is 24.0 Å². The van der Waals surface area contributed by atoms with Crippen LogP contribution in [-0.4, -0.2) is 23.4 Å². The van der Waals surface area contributed by atoms with Gasteiger partial charge in [-0.25, -0.2) is 9.97 Å². The first-order valence-corrected chi connectivity index (χ1v) is 5.24. The molecule has 0 bridgehead atoms. The molecule has 17 heavy (non-hydrogen) atoms. The Morgan fingerprint density at radius 1 is 1.29 bits per heavy atom. The van der Waals surface area contributed by atoms with E-state index in [2.05, 4.69) is 15.0 Å². The van der Waals surface area contributed by atoms with Crippen LogP contribution in [0.1, 0.15) is 5.82 Å². The maximum Gasteiger partial charge on any atom is 0.335 e. The number of hydrogen-bond donors (Lipinski definition) is 1. The number of nitrogens with one attached hydrogen (secondary N) is 1. The fraction of sp³-hybridized carbons (Fsp3) is 0.100. The molecular weight excluding hydrogens is 242 g/mol. The molecule has 0 aliphatic carbocycles. The van der Waals surface area contributed by atoms with Gasteiger partial charge in [0.2, 0.25) is 5.56 Å². The Kier molecular flexibility index (Phi) is 4.89. The average Bonchev–Trinajstić information content (AvgIpc) is 2.30. The maximum atomic E-state index is 11.0. The lowest BCUT2D eigenvalue weighted by Gasteiger charge is -1.99. The molecule has 0 spiro atoms. The lowest BCUT2D eigenvalue weighted by molar-refractivity contribution is 0.630. The summed E-state index contributed by atoms with van der Waals surface area (Å²) < 4.78 is 16.6. The van der Waals surface area contributed by atoms with Crippen molar-refractivity contribution in [3.63, 3.8) is 0 Å². The number of aromatic amines is 1. The highest BCUT2D eigenvalue weighted by Crippen LogP contribution is 2.12. The van der Waals surface area contributed by atoms with Gasteiger partial charge in [0.05, 0.1) is 5.69 Å².